The van der Waals surface area contributed by atoms with Crippen LogP contribution in [0.3, 0.4) is 0 Å². The largest absolute Gasteiger partial charge is 0.378 e. The van der Waals surface area contributed by atoms with Crippen molar-refractivity contribution in [2.75, 3.05) is 36.5 Å². The first-order chi connectivity index (χ1) is 14.6. The lowest BCUT2D eigenvalue weighted by molar-refractivity contribution is -0.126. The van der Waals surface area contributed by atoms with E-state index in [4.69, 9.17) is 9.72 Å². The van der Waals surface area contributed by atoms with Gasteiger partial charge in [0.25, 0.3) is 0 Å². The Hall–Kier alpha value is -2.44. The predicted octanol–water partition coefficient (Wildman–Crippen LogP) is 5.12. The van der Waals surface area contributed by atoms with Crippen molar-refractivity contribution in [1.29, 1.82) is 0 Å². The highest BCUT2D eigenvalue weighted by molar-refractivity contribution is 7.18. The lowest BCUT2D eigenvalue weighted by Crippen LogP contribution is -2.37. The summed E-state index contributed by atoms with van der Waals surface area (Å²) >= 11 is 1.69. The van der Waals surface area contributed by atoms with E-state index in [1.165, 1.54) is 10.4 Å². The van der Waals surface area contributed by atoms with Crippen LogP contribution in [0, 0.1) is 5.41 Å². The Bertz CT molecular complexity index is 956. The van der Waals surface area contributed by atoms with Gasteiger partial charge >= 0.3 is 0 Å². The maximum atomic E-state index is 13.3. The molecule has 1 aliphatic heterocycles. The third kappa shape index (κ3) is 4.35. The SMILES string of the molecule is CCC(CC)(Cc1nc2ccccc2s1)C(=O)Nc1ccc(N2CCOCC2)cc1. The van der Waals surface area contributed by atoms with E-state index in [2.05, 4.69) is 42.3 Å². The van der Waals surface area contributed by atoms with E-state index in [0.717, 1.165) is 55.4 Å². The zero-order valence-corrected chi connectivity index (χ0v) is 18.5. The van der Waals surface area contributed by atoms with E-state index < -0.39 is 5.41 Å². The Labute approximate surface area is 182 Å². The third-order valence-corrected chi connectivity index (χ3v) is 7.20. The Morgan fingerprint density at radius 3 is 2.47 bits per heavy atom. The van der Waals surface area contributed by atoms with E-state index in [-0.39, 0.29) is 5.91 Å². The molecule has 1 N–H and O–H groups in total. The van der Waals surface area contributed by atoms with Crippen molar-refractivity contribution < 1.29 is 9.53 Å². The second kappa shape index (κ2) is 9.14. The molecule has 0 unspecified atom stereocenters. The molecule has 0 aliphatic carbocycles. The third-order valence-electron chi connectivity index (χ3n) is 6.16. The molecule has 1 saturated heterocycles. The molecular weight excluding hydrogens is 394 g/mol. The highest BCUT2D eigenvalue weighted by Gasteiger charge is 2.36. The number of thiazole rings is 1. The summed E-state index contributed by atoms with van der Waals surface area (Å²) in [5.41, 5.74) is 2.56. The number of morpholine rings is 1. The first-order valence-electron chi connectivity index (χ1n) is 10.7. The highest BCUT2D eigenvalue weighted by Crippen LogP contribution is 2.35. The van der Waals surface area contributed by atoms with Gasteiger partial charge in [0.2, 0.25) is 5.91 Å². The lowest BCUT2D eigenvalue weighted by atomic mass is 9.78. The second-order valence-electron chi connectivity index (χ2n) is 7.84. The van der Waals surface area contributed by atoms with Crippen LogP contribution in [0.1, 0.15) is 31.7 Å². The number of ether oxygens (including phenoxy) is 1. The number of aromatic nitrogens is 1. The molecule has 158 valence electrons. The number of fused-ring (bicyclic) bond motifs is 1. The van der Waals surface area contributed by atoms with Crippen molar-refractivity contribution in [1.82, 2.24) is 4.98 Å². The number of benzene rings is 2. The van der Waals surface area contributed by atoms with Crippen molar-refractivity contribution in [3.8, 4) is 0 Å². The Balaban J connectivity index is 1.48. The van der Waals surface area contributed by atoms with Gasteiger partial charge in [-0.2, -0.15) is 0 Å². The highest BCUT2D eigenvalue weighted by atomic mass is 32.1. The zero-order valence-electron chi connectivity index (χ0n) is 17.7. The molecular formula is C24H29N3O2S. The molecule has 0 radical (unpaired) electrons. The Kier molecular flexibility index (Phi) is 6.35. The fourth-order valence-corrected chi connectivity index (χ4v) is 5.14. The van der Waals surface area contributed by atoms with Crippen LogP contribution in [0.4, 0.5) is 11.4 Å². The van der Waals surface area contributed by atoms with Crippen molar-refractivity contribution >= 4 is 38.8 Å². The fourth-order valence-electron chi connectivity index (χ4n) is 4.03. The van der Waals surface area contributed by atoms with Crippen molar-refractivity contribution in [2.45, 2.75) is 33.1 Å². The number of para-hydroxylation sites is 1. The van der Waals surface area contributed by atoms with Gasteiger partial charge in [-0.05, 0) is 49.2 Å². The Morgan fingerprint density at radius 1 is 1.10 bits per heavy atom. The fraction of sp³-hybridized carbons (Fsp3) is 0.417. The lowest BCUT2D eigenvalue weighted by Gasteiger charge is -2.30. The monoisotopic (exact) mass is 423 g/mol. The first kappa shape index (κ1) is 20.8. The number of nitrogens with zero attached hydrogens (tertiary/aromatic N) is 2. The molecule has 6 heteroatoms. The number of hydrogen-bond acceptors (Lipinski definition) is 5. The van der Waals surface area contributed by atoms with Gasteiger partial charge in [0.15, 0.2) is 0 Å². The van der Waals surface area contributed by atoms with Crippen LogP contribution in [-0.2, 0) is 16.0 Å². The molecule has 2 heterocycles. The van der Waals surface area contributed by atoms with E-state index in [1.807, 2.05) is 30.3 Å². The minimum atomic E-state index is -0.462. The number of rotatable bonds is 7. The van der Waals surface area contributed by atoms with E-state index in [9.17, 15) is 4.79 Å². The van der Waals surface area contributed by atoms with Gasteiger partial charge in [-0.15, -0.1) is 11.3 Å². The summed E-state index contributed by atoms with van der Waals surface area (Å²) in [4.78, 5) is 20.4. The van der Waals surface area contributed by atoms with Crippen molar-refractivity contribution in [2.24, 2.45) is 5.41 Å². The topological polar surface area (TPSA) is 54.5 Å². The smallest absolute Gasteiger partial charge is 0.230 e. The van der Waals surface area contributed by atoms with Crippen LogP contribution in [-0.4, -0.2) is 37.2 Å². The number of hydrogen-bond donors (Lipinski definition) is 1. The number of carbonyl (C=O) groups excluding carboxylic acids is 1. The Morgan fingerprint density at radius 2 is 1.80 bits per heavy atom. The van der Waals surface area contributed by atoms with Crippen molar-refractivity contribution in [3.05, 3.63) is 53.5 Å². The molecule has 4 rings (SSSR count). The van der Waals surface area contributed by atoms with Crippen LogP contribution in [0.2, 0.25) is 0 Å². The average Bonchev–Trinajstić information content (AvgIpc) is 3.21. The first-order valence-corrected chi connectivity index (χ1v) is 11.5. The number of nitrogens with one attached hydrogen (secondary N) is 1. The van der Waals surface area contributed by atoms with Crippen molar-refractivity contribution in [3.63, 3.8) is 0 Å². The summed E-state index contributed by atoms with van der Waals surface area (Å²) < 4.78 is 6.60. The van der Waals surface area contributed by atoms with Crippen LogP contribution >= 0.6 is 11.3 Å². The van der Waals surface area contributed by atoms with Gasteiger partial charge in [-0.3, -0.25) is 4.79 Å². The zero-order chi connectivity index (χ0) is 21.0. The molecule has 1 aromatic heterocycles. The number of anilines is 2. The van der Waals surface area contributed by atoms with E-state index >= 15 is 0 Å². The molecule has 2 aromatic carbocycles. The predicted molar refractivity (Wildman–Crippen MR) is 124 cm³/mol. The molecule has 1 aliphatic rings. The van der Waals surface area contributed by atoms with Gasteiger partial charge < -0.3 is 15.0 Å². The summed E-state index contributed by atoms with van der Waals surface area (Å²) in [6.07, 6.45) is 2.21. The standard InChI is InChI=1S/C24H29N3O2S/c1-3-24(4-2,17-22-26-20-7-5-6-8-21(20)30-22)23(28)25-18-9-11-19(12-10-18)27-13-15-29-16-14-27/h5-12H,3-4,13-17H2,1-2H3,(H,25,28). The van der Waals surface area contributed by atoms with Crippen LogP contribution < -0.4 is 10.2 Å². The van der Waals surface area contributed by atoms with Crippen LogP contribution in [0.5, 0.6) is 0 Å². The number of carbonyl (C=O) groups is 1. The minimum absolute atomic E-state index is 0.0749. The molecule has 0 bridgehead atoms. The molecule has 5 nitrogen and oxygen atoms in total. The van der Waals surface area contributed by atoms with Gasteiger partial charge in [0, 0.05) is 30.9 Å². The average molecular weight is 424 g/mol. The van der Waals surface area contributed by atoms with Gasteiger partial charge in [-0.25, -0.2) is 4.98 Å². The summed E-state index contributed by atoms with van der Waals surface area (Å²) in [5, 5.41) is 4.19. The van der Waals surface area contributed by atoms with Crippen LogP contribution in [0.15, 0.2) is 48.5 Å². The molecule has 0 saturated carbocycles. The summed E-state index contributed by atoms with van der Waals surface area (Å²) in [6.45, 7) is 7.53. The molecule has 0 atom stereocenters. The van der Waals surface area contributed by atoms with Gasteiger partial charge in [0.1, 0.15) is 0 Å². The summed E-state index contributed by atoms with van der Waals surface area (Å²) in [7, 11) is 0. The van der Waals surface area contributed by atoms with Gasteiger partial charge in [0.05, 0.1) is 33.9 Å². The maximum absolute atomic E-state index is 13.3. The minimum Gasteiger partial charge on any atom is -0.378 e. The van der Waals surface area contributed by atoms with E-state index in [0.29, 0.717) is 6.42 Å². The normalized spacial score (nSPS) is 14.8. The summed E-state index contributed by atoms with van der Waals surface area (Å²) in [6, 6.07) is 16.3. The summed E-state index contributed by atoms with van der Waals surface area (Å²) in [5.74, 6) is 0.0749. The van der Waals surface area contributed by atoms with Gasteiger partial charge in [-0.1, -0.05) is 26.0 Å². The molecule has 30 heavy (non-hydrogen) atoms. The van der Waals surface area contributed by atoms with Crippen LogP contribution in [0.25, 0.3) is 10.2 Å². The molecule has 1 amide bonds. The quantitative estimate of drug-likeness (QED) is 0.573. The van der Waals surface area contributed by atoms with E-state index in [1.54, 1.807) is 11.3 Å². The molecule has 0 spiro atoms. The molecule has 1 fully saturated rings. The molecule has 3 aromatic rings. The second-order valence-corrected chi connectivity index (χ2v) is 8.96. The number of amides is 1. The maximum Gasteiger partial charge on any atom is 0.230 e.